The lowest BCUT2D eigenvalue weighted by Gasteiger charge is -2.19. The van der Waals surface area contributed by atoms with Crippen molar-refractivity contribution in [2.75, 3.05) is 18.1 Å². The zero-order chi connectivity index (χ0) is 22.1. The molecule has 0 unspecified atom stereocenters. The molecular weight excluding hydrogens is 398 g/mol. The summed E-state index contributed by atoms with van der Waals surface area (Å²) < 4.78 is 8.18. The quantitative estimate of drug-likeness (QED) is 0.424. The third-order valence-electron chi connectivity index (χ3n) is 6.02. The van der Waals surface area contributed by atoms with Gasteiger partial charge in [-0.1, -0.05) is 36.4 Å². The Bertz CT molecular complexity index is 1240. The number of benzene rings is 3. The van der Waals surface area contributed by atoms with Gasteiger partial charge in [0.2, 0.25) is 5.91 Å². The third-order valence-corrected chi connectivity index (χ3v) is 6.02. The van der Waals surface area contributed by atoms with Crippen molar-refractivity contribution < 1.29 is 9.53 Å². The highest BCUT2D eigenvalue weighted by Crippen LogP contribution is 2.34. The second-order valence-corrected chi connectivity index (χ2v) is 8.52. The summed E-state index contributed by atoms with van der Waals surface area (Å²) in [6.45, 7) is 6.00. The minimum absolute atomic E-state index is 0.0486. The molecule has 162 valence electrons. The number of nitrogens with zero attached hydrogens (tertiary/aromatic N) is 3. The highest BCUT2D eigenvalue weighted by molar-refractivity contribution is 5.96. The van der Waals surface area contributed by atoms with Crippen molar-refractivity contribution in [3.8, 4) is 5.75 Å². The molecule has 0 saturated carbocycles. The Morgan fingerprint density at radius 1 is 0.969 bits per heavy atom. The first-order chi connectivity index (χ1) is 15.6. The summed E-state index contributed by atoms with van der Waals surface area (Å²) in [6, 6.07) is 24.3. The molecule has 2 heterocycles. The molecule has 32 heavy (non-hydrogen) atoms. The van der Waals surface area contributed by atoms with Crippen LogP contribution in [-0.2, 0) is 11.3 Å². The first kappa shape index (κ1) is 20.3. The summed E-state index contributed by atoms with van der Waals surface area (Å²) >= 11 is 0. The molecule has 1 aromatic heterocycles. The second-order valence-electron chi connectivity index (χ2n) is 8.52. The number of fused-ring (bicyclic) bond motifs is 1. The first-order valence-corrected chi connectivity index (χ1v) is 11.1. The Hall–Kier alpha value is -3.60. The van der Waals surface area contributed by atoms with Crippen LogP contribution in [0, 0.1) is 13.8 Å². The molecule has 1 saturated heterocycles. The van der Waals surface area contributed by atoms with E-state index in [-0.39, 0.29) is 11.8 Å². The van der Waals surface area contributed by atoms with Gasteiger partial charge in [0.05, 0.1) is 17.6 Å². The number of aromatic nitrogens is 2. The van der Waals surface area contributed by atoms with E-state index in [1.54, 1.807) is 0 Å². The predicted molar refractivity (Wildman–Crippen MR) is 127 cm³/mol. The van der Waals surface area contributed by atoms with E-state index in [2.05, 4.69) is 42.7 Å². The van der Waals surface area contributed by atoms with Gasteiger partial charge in [-0.05, 0) is 61.4 Å². The van der Waals surface area contributed by atoms with Gasteiger partial charge in [-0.25, -0.2) is 4.98 Å². The number of amides is 1. The van der Waals surface area contributed by atoms with E-state index in [9.17, 15) is 4.79 Å². The van der Waals surface area contributed by atoms with E-state index in [1.165, 1.54) is 11.1 Å². The average Bonchev–Trinajstić information content (AvgIpc) is 3.34. The molecule has 0 spiro atoms. The van der Waals surface area contributed by atoms with E-state index in [0.29, 0.717) is 26.1 Å². The van der Waals surface area contributed by atoms with Gasteiger partial charge >= 0.3 is 0 Å². The van der Waals surface area contributed by atoms with Crippen LogP contribution in [0.25, 0.3) is 11.0 Å². The molecule has 5 nitrogen and oxygen atoms in total. The summed E-state index contributed by atoms with van der Waals surface area (Å²) in [5, 5.41) is 0. The topological polar surface area (TPSA) is 47.4 Å². The molecule has 1 aliphatic rings. The van der Waals surface area contributed by atoms with E-state index in [4.69, 9.17) is 9.72 Å². The molecule has 5 heteroatoms. The molecule has 4 aromatic rings. The van der Waals surface area contributed by atoms with Crippen molar-refractivity contribution in [1.82, 2.24) is 9.55 Å². The van der Waals surface area contributed by atoms with Crippen molar-refractivity contribution in [3.05, 3.63) is 89.7 Å². The summed E-state index contributed by atoms with van der Waals surface area (Å²) in [4.78, 5) is 19.8. The Balaban J connectivity index is 1.42. The molecule has 0 N–H and O–H groups in total. The van der Waals surface area contributed by atoms with Crippen LogP contribution in [0.3, 0.4) is 0 Å². The van der Waals surface area contributed by atoms with Crippen LogP contribution in [0.5, 0.6) is 5.75 Å². The van der Waals surface area contributed by atoms with E-state index in [1.807, 2.05) is 53.4 Å². The molecule has 5 rings (SSSR count). The van der Waals surface area contributed by atoms with Crippen LogP contribution in [0.2, 0.25) is 0 Å². The average molecular weight is 426 g/mol. The van der Waals surface area contributed by atoms with Crippen molar-refractivity contribution in [2.24, 2.45) is 0 Å². The molecular formula is C27H27N3O2. The smallest absolute Gasteiger partial charge is 0.227 e. The van der Waals surface area contributed by atoms with Gasteiger partial charge in [0, 0.05) is 24.6 Å². The maximum atomic E-state index is 13.0. The fraction of sp³-hybridized carbons (Fsp3) is 0.259. The zero-order valence-electron chi connectivity index (χ0n) is 18.5. The maximum Gasteiger partial charge on any atom is 0.227 e. The number of para-hydroxylation sites is 3. The van der Waals surface area contributed by atoms with E-state index < -0.39 is 0 Å². The number of hydrogen-bond donors (Lipinski definition) is 0. The zero-order valence-corrected chi connectivity index (χ0v) is 18.5. The number of aryl methyl sites for hydroxylation is 2. The standard InChI is InChI=1S/C27H27N3O2/c1-19-14-20(2)16-22(15-19)30-18-21(17-26(30)31)27-28-24-10-6-7-11-25(24)29(27)12-13-32-23-8-4-3-5-9-23/h3-11,14-16,21H,12-13,17-18H2,1-2H3/t21-/m0/s1. The van der Waals surface area contributed by atoms with Gasteiger partial charge in [-0.2, -0.15) is 0 Å². The fourth-order valence-corrected chi connectivity index (χ4v) is 4.65. The number of carbonyl (C=O) groups is 1. The SMILES string of the molecule is Cc1cc(C)cc(N2C[C@@H](c3nc4ccccc4n3CCOc3ccccc3)CC2=O)c1. The van der Waals surface area contributed by atoms with Gasteiger partial charge < -0.3 is 14.2 Å². The molecule has 1 aliphatic heterocycles. The van der Waals surface area contributed by atoms with Crippen LogP contribution in [0.4, 0.5) is 5.69 Å². The Kier molecular flexibility index (Phi) is 5.39. The predicted octanol–water partition coefficient (Wildman–Crippen LogP) is 5.25. The number of carbonyl (C=O) groups excluding carboxylic acids is 1. The number of hydrogen-bond acceptors (Lipinski definition) is 3. The van der Waals surface area contributed by atoms with Gasteiger partial charge in [0.15, 0.2) is 0 Å². The third kappa shape index (κ3) is 3.98. The normalized spacial score (nSPS) is 16.1. The van der Waals surface area contributed by atoms with Crippen molar-refractivity contribution in [3.63, 3.8) is 0 Å². The summed E-state index contributed by atoms with van der Waals surface area (Å²) in [7, 11) is 0. The van der Waals surface area contributed by atoms with E-state index in [0.717, 1.165) is 28.3 Å². The number of rotatable bonds is 6. The maximum absolute atomic E-state index is 13.0. The molecule has 1 fully saturated rings. The monoisotopic (exact) mass is 425 g/mol. The molecule has 0 radical (unpaired) electrons. The molecule has 0 bridgehead atoms. The van der Waals surface area contributed by atoms with Gasteiger partial charge in [-0.15, -0.1) is 0 Å². The van der Waals surface area contributed by atoms with Crippen LogP contribution >= 0.6 is 0 Å². The summed E-state index contributed by atoms with van der Waals surface area (Å²) in [5.74, 6) is 2.02. The summed E-state index contributed by atoms with van der Waals surface area (Å²) in [5.41, 5.74) is 5.35. The van der Waals surface area contributed by atoms with Crippen molar-refractivity contribution in [2.45, 2.75) is 32.7 Å². The highest BCUT2D eigenvalue weighted by Gasteiger charge is 2.35. The Morgan fingerprint density at radius 3 is 2.47 bits per heavy atom. The minimum Gasteiger partial charge on any atom is -0.492 e. The Morgan fingerprint density at radius 2 is 1.69 bits per heavy atom. The minimum atomic E-state index is 0.0486. The van der Waals surface area contributed by atoms with Crippen molar-refractivity contribution >= 4 is 22.6 Å². The van der Waals surface area contributed by atoms with Gasteiger partial charge in [0.25, 0.3) is 0 Å². The van der Waals surface area contributed by atoms with E-state index >= 15 is 0 Å². The molecule has 1 atom stereocenters. The van der Waals surface area contributed by atoms with Crippen LogP contribution < -0.4 is 9.64 Å². The lowest BCUT2D eigenvalue weighted by molar-refractivity contribution is -0.117. The number of imidazole rings is 1. The number of anilines is 1. The van der Waals surface area contributed by atoms with Crippen LogP contribution in [0.1, 0.15) is 29.3 Å². The van der Waals surface area contributed by atoms with Crippen LogP contribution in [-0.4, -0.2) is 28.6 Å². The lowest BCUT2D eigenvalue weighted by atomic mass is 10.1. The molecule has 3 aromatic carbocycles. The van der Waals surface area contributed by atoms with Crippen LogP contribution in [0.15, 0.2) is 72.8 Å². The summed E-state index contributed by atoms with van der Waals surface area (Å²) in [6.07, 6.45) is 0.468. The van der Waals surface area contributed by atoms with Crippen molar-refractivity contribution in [1.29, 1.82) is 0 Å². The van der Waals surface area contributed by atoms with Gasteiger partial charge in [-0.3, -0.25) is 4.79 Å². The highest BCUT2D eigenvalue weighted by atomic mass is 16.5. The largest absolute Gasteiger partial charge is 0.492 e. The number of ether oxygens (including phenoxy) is 1. The first-order valence-electron chi connectivity index (χ1n) is 11.1. The lowest BCUT2D eigenvalue weighted by Crippen LogP contribution is -2.25. The second kappa shape index (κ2) is 8.50. The fourth-order valence-electron chi connectivity index (χ4n) is 4.65. The molecule has 0 aliphatic carbocycles. The molecule has 1 amide bonds. The van der Waals surface area contributed by atoms with Gasteiger partial charge in [0.1, 0.15) is 18.2 Å². The Labute approximate surface area is 188 Å².